The fraction of sp³-hybridized carbons (Fsp3) is 0.0667. The van der Waals surface area contributed by atoms with Crippen molar-refractivity contribution < 1.29 is 4.79 Å². The Hall–Kier alpha value is -1.43. The first-order valence-electron chi connectivity index (χ1n) is 6.05. The Bertz CT molecular complexity index is 734. The molecule has 0 radical (unpaired) electrons. The molecule has 0 atom stereocenters. The van der Waals surface area contributed by atoms with Crippen molar-refractivity contribution in [3.05, 3.63) is 62.6 Å². The van der Waals surface area contributed by atoms with Gasteiger partial charge in [-0.3, -0.25) is 4.79 Å². The highest BCUT2D eigenvalue weighted by Gasteiger charge is 2.13. The lowest BCUT2D eigenvalue weighted by Crippen LogP contribution is -2.15. The van der Waals surface area contributed by atoms with Crippen LogP contribution in [-0.4, -0.2) is 10.9 Å². The number of halogens is 2. The molecule has 0 aliphatic rings. The van der Waals surface area contributed by atoms with Gasteiger partial charge in [0.15, 0.2) is 0 Å². The van der Waals surface area contributed by atoms with E-state index in [1.807, 2.05) is 19.1 Å². The molecule has 0 aromatic heterocycles. The summed E-state index contributed by atoms with van der Waals surface area (Å²) in [5.41, 5.74) is 8.23. The van der Waals surface area contributed by atoms with Gasteiger partial charge >= 0.3 is 0 Å². The van der Waals surface area contributed by atoms with Crippen molar-refractivity contribution >= 4 is 56.3 Å². The Morgan fingerprint density at radius 2 is 2.00 bits per heavy atom. The number of carbonyl (C=O) groups is 1. The molecule has 0 fully saturated rings. The first-order chi connectivity index (χ1) is 9.88. The average Bonchev–Trinajstić information content (AvgIpc) is 2.43. The molecule has 3 N–H and O–H groups in total. The zero-order valence-electron chi connectivity index (χ0n) is 11.1. The molecular weight excluding hydrogens is 372 g/mol. The number of rotatable bonds is 3. The van der Waals surface area contributed by atoms with E-state index in [4.69, 9.17) is 29.6 Å². The fourth-order valence-corrected chi connectivity index (χ4v) is 2.50. The summed E-state index contributed by atoms with van der Waals surface area (Å²) in [7, 11) is 0. The Balaban J connectivity index is 2.33. The molecular formula is C15H12BrClN2OS. The average molecular weight is 384 g/mol. The summed E-state index contributed by atoms with van der Waals surface area (Å²) >= 11 is 14.4. The maximum atomic E-state index is 12.4. The lowest BCUT2D eigenvalue weighted by atomic mass is 10.1. The first kappa shape index (κ1) is 15.9. The zero-order valence-corrected chi connectivity index (χ0v) is 14.3. The third-order valence-corrected chi connectivity index (χ3v) is 4.12. The molecule has 3 nitrogen and oxygen atoms in total. The molecule has 2 rings (SSSR count). The molecule has 6 heteroatoms. The second kappa shape index (κ2) is 6.56. The van der Waals surface area contributed by atoms with Crippen LogP contribution in [0.15, 0.2) is 40.9 Å². The maximum absolute atomic E-state index is 12.4. The van der Waals surface area contributed by atoms with E-state index < -0.39 is 0 Å². The van der Waals surface area contributed by atoms with Gasteiger partial charge in [-0.25, -0.2) is 0 Å². The van der Waals surface area contributed by atoms with Gasteiger partial charge in [0.25, 0.3) is 5.91 Å². The van der Waals surface area contributed by atoms with Crippen molar-refractivity contribution in [3.8, 4) is 0 Å². The van der Waals surface area contributed by atoms with E-state index in [0.717, 1.165) is 5.56 Å². The first-order valence-corrected chi connectivity index (χ1v) is 7.63. The highest BCUT2D eigenvalue weighted by Crippen LogP contribution is 2.25. The highest BCUT2D eigenvalue weighted by molar-refractivity contribution is 9.10. The van der Waals surface area contributed by atoms with Crippen molar-refractivity contribution in [2.45, 2.75) is 6.92 Å². The lowest BCUT2D eigenvalue weighted by Gasteiger charge is -2.10. The van der Waals surface area contributed by atoms with E-state index in [-0.39, 0.29) is 10.9 Å². The van der Waals surface area contributed by atoms with Gasteiger partial charge in [0.2, 0.25) is 0 Å². The topological polar surface area (TPSA) is 55.1 Å². The van der Waals surface area contributed by atoms with Crippen LogP contribution in [0.3, 0.4) is 0 Å². The number of anilines is 1. The Morgan fingerprint density at radius 3 is 2.67 bits per heavy atom. The van der Waals surface area contributed by atoms with Gasteiger partial charge in [-0.05, 0) is 47.1 Å². The van der Waals surface area contributed by atoms with Gasteiger partial charge in [0.05, 0.1) is 16.3 Å². The van der Waals surface area contributed by atoms with Crippen LogP contribution in [0.5, 0.6) is 0 Å². The predicted octanol–water partition coefficient (Wildman–Crippen LogP) is 4.30. The Kier molecular flexibility index (Phi) is 4.98. The van der Waals surface area contributed by atoms with Crippen molar-refractivity contribution in [2.24, 2.45) is 5.73 Å². The minimum Gasteiger partial charge on any atom is -0.389 e. The number of nitrogens with one attached hydrogen (secondary N) is 1. The third kappa shape index (κ3) is 3.81. The number of nitrogens with two attached hydrogens (primary N) is 1. The summed E-state index contributed by atoms with van der Waals surface area (Å²) in [6.07, 6.45) is 0. The number of aryl methyl sites for hydroxylation is 1. The van der Waals surface area contributed by atoms with Crippen LogP contribution >= 0.6 is 39.7 Å². The van der Waals surface area contributed by atoms with Crippen LogP contribution in [0.25, 0.3) is 0 Å². The quantitative estimate of drug-likeness (QED) is 0.777. The number of hydrogen-bond donors (Lipinski definition) is 2. The van der Waals surface area contributed by atoms with Crippen LogP contribution in [0, 0.1) is 6.92 Å². The number of benzene rings is 2. The number of thiocarbonyl (C=S) groups is 1. The molecule has 0 aliphatic heterocycles. The van der Waals surface area contributed by atoms with Gasteiger partial charge in [-0.15, -0.1) is 0 Å². The smallest absolute Gasteiger partial charge is 0.256 e. The monoisotopic (exact) mass is 382 g/mol. The molecule has 21 heavy (non-hydrogen) atoms. The molecule has 0 spiro atoms. The Labute approximate surface area is 141 Å². The summed E-state index contributed by atoms with van der Waals surface area (Å²) in [5.74, 6) is -0.257. The van der Waals surface area contributed by atoms with E-state index in [1.54, 1.807) is 24.3 Å². The largest absolute Gasteiger partial charge is 0.389 e. The molecule has 108 valence electrons. The van der Waals surface area contributed by atoms with Gasteiger partial charge in [-0.1, -0.05) is 41.5 Å². The van der Waals surface area contributed by atoms with Crippen LogP contribution in [0.2, 0.25) is 5.02 Å². The normalized spacial score (nSPS) is 10.2. The van der Waals surface area contributed by atoms with E-state index in [9.17, 15) is 4.79 Å². The van der Waals surface area contributed by atoms with Crippen molar-refractivity contribution in [1.29, 1.82) is 0 Å². The molecule has 0 aliphatic carbocycles. The van der Waals surface area contributed by atoms with E-state index in [0.29, 0.717) is 26.3 Å². The van der Waals surface area contributed by atoms with Gasteiger partial charge in [-0.2, -0.15) is 0 Å². The number of carbonyl (C=O) groups excluding carboxylic acids is 1. The van der Waals surface area contributed by atoms with Crippen molar-refractivity contribution in [2.75, 3.05) is 5.32 Å². The molecule has 2 aromatic carbocycles. The minimum absolute atomic E-state index is 0.249. The highest BCUT2D eigenvalue weighted by atomic mass is 79.9. The lowest BCUT2D eigenvalue weighted by molar-refractivity contribution is 0.102. The summed E-state index contributed by atoms with van der Waals surface area (Å²) in [5, 5.41) is 3.20. The summed E-state index contributed by atoms with van der Waals surface area (Å²) in [6.45, 7) is 1.92. The fourth-order valence-electron chi connectivity index (χ4n) is 1.78. The van der Waals surface area contributed by atoms with Gasteiger partial charge in [0.1, 0.15) is 4.99 Å². The van der Waals surface area contributed by atoms with Gasteiger partial charge < -0.3 is 11.1 Å². The van der Waals surface area contributed by atoms with E-state index >= 15 is 0 Å². The summed E-state index contributed by atoms with van der Waals surface area (Å²) < 4.78 is 0.715. The molecule has 0 unspecified atom stereocenters. The van der Waals surface area contributed by atoms with Crippen LogP contribution in [-0.2, 0) is 0 Å². The number of hydrogen-bond acceptors (Lipinski definition) is 2. The molecule has 0 heterocycles. The number of amides is 1. The molecule has 0 saturated heterocycles. The minimum atomic E-state index is -0.257. The van der Waals surface area contributed by atoms with Gasteiger partial charge in [0, 0.05) is 10.0 Å². The SMILES string of the molecule is Cc1ccc(Br)c(C(=O)Nc2cc(C(N)=S)ccc2Cl)c1. The standard InChI is InChI=1S/C15H12BrClN2OS/c1-8-2-4-11(16)10(6-8)15(20)19-13-7-9(14(18)21)3-5-12(13)17/h2-7H,1H3,(H2,18,21)(H,19,20). The second-order valence-electron chi connectivity index (χ2n) is 4.50. The van der Waals surface area contributed by atoms with Crippen molar-refractivity contribution in [3.63, 3.8) is 0 Å². The van der Waals surface area contributed by atoms with E-state index in [2.05, 4.69) is 21.2 Å². The molecule has 0 saturated carbocycles. The van der Waals surface area contributed by atoms with E-state index in [1.165, 1.54) is 0 Å². The van der Waals surface area contributed by atoms with Crippen molar-refractivity contribution in [1.82, 2.24) is 0 Å². The maximum Gasteiger partial charge on any atom is 0.256 e. The second-order valence-corrected chi connectivity index (χ2v) is 6.20. The van der Waals surface area contributed by atoms with Crippen LogP contribution in [0.1, 0.15) is 21.5 Å². The zero-order chi connectivity index (χ0) is 15.6. The molecule has 0 bridgehead atoms. The van der Waals surface area contributed by atoms with Crippen LogP contribution < -0.4 is 11.1 Å². The summed E-state index contributed by atoms with van der Waals surface area (Å²) in [4.78, 5) is 12.6. The van der Waals surface area contributed by atoms with Crippen LogP contribution in [0.4, 0.5) is 5.69 Å². The molecule has 2 aromatic rings. The molecule has 1 amide bonds. The summed E-state index contributed by atoms with van der Waals surface area (Å²) in [6, 6.07) is 10.6. The third-order valence-electron chi connectivity index (χ3n) is 2.87. The predicted molar refractivity (Wildman–Crippen MR) is 94.2 cm³/mol. The Morgan fingerprint density at radius 1 is 1.29 bits per heavy atom.